The number of hydrogen-bond acceptors (Lipinski definition) is 2. The molecule has 0 aliphatic carbocycles. The predicted octanol–water partition coefficient (Wildman–Crippen LogP) is 4.12. The first-order valence-electron chi connectivity index (χ1n) is 8.65. The second-order valence-electron chi connectivity index (χ2n) is 6.57. The summed E-state index contributed by atoms with van der Waals surface area (Å²) in [5.41, 5.74) is 3.18. The topological polar surface area (TPSA) is 51.9 Å². The Bertz CT molecular complexity index is 1140. The van der Waals surface area contributed by atoms with E-state index in [1.165, 1.54) is 12.1 Å². The van der Waals surface area contributed by atoms with Crippen LogP contribution in [0.3, 0.4) is 0 Å². The lowest BCUT2D eigenvalue weighted by Crippen LogP contribution is -2.19. The molecule has 0 bridgehead atoms. The summed E-state index contributed by atoms with van der Waals surface area (Å²) < 4.78 is 17.0. The van der Waals surface area contributed by atoms with Gasteiger partial charge in [0.1, 0.15) is 17.3 Å². The summed E-state index contributed by atoms with van der Waals surface area (Å²) in [5.74, 6) is 0.102. The van der Waals surface area contributed by atoms with E-state index in [2.05, 4.69) is 10.4 Å². The molecule has 0 fully saturated rings. The minimum absolute atomic E-state index is 0.210. The zero-order valence-corrected chi connectivity index (χ0v) is 15.1. The molecule has 2 heterocycles. The van der Waals surface area contributed by atoms with E-state index in [0.29, 0.717) is 18.1 Å². The van der Waals surface area contributed by atoms with Crippen LogP contribution in [0.1, 0.15) is 21.6 Å². The SMILES string of the molecule is Cc1cnn(Cc2cccc(F)c2)c1NC(=O)c1cc2ccccc2n1C. The van der Waals surface area contributed by atoms with Crippen LogP contribution in [-0.2, 0) is 13.6 Å². The number of aryl methyl sites for hydroxylation is 2. The van der Waals surface area contributed by atoms with Crippen LogP contribution in [-0.4, -0.2) is 20.3 Å². The Morgan fingerprint density at radius 3 is 2.74 bits per heavy atom. The number of hydrogen-bond donors (Lipinski definition) is 1. The molecule has 0 atom stereocenters. The zero-order valence-electron chi connectivity index (χ0n) is 15.1. The molecule has 0 saturated carbocycles. The number of fused-ring (bicyclic) bond motifs is 1. The molecule has 27 heavy (non-hydrogen) atoms. The van der Waals surface area contributed by atoms with Crippen molar-refractivity contribution in [3.63, 3.8) is 0 Å². The molecule has 5 nitrogen and oxygen atoms in total. The highest BCUT2D eigenvalue weighted by atomic mass is 19.1. The van der Waals surface area contributed by atoms with Crippen molar-refractivity contribution in [1.29, 1.82) is 0 Å². The van der Waals surface area contributed by atoms with Gasteiger partial charge in [0.25, 0.3) is 5.91 Å². The van der Waals surface area contributed by atoms with E-state index in [9.17, 15) is 9.18 Å². The molecule has 0 spiro atoms. The van der Waals surface area contributed by atoms with E-state index >= 15 is 0 Å². The quantitative estimate of drug-likeness (QED) is 0.594. The van der Waals surface area contributed by atoms with Crippen molar-refractivity contribution in [2.24, 2.45) is 7.05 Å². The molecule has 2 aromatic carbocycles. The Morgan fingerprint density at radius 1 is 1.15 bits per heavy atom. The van der Waals surface area contributed by atoms with Crippen LogP contribution >= 0.6 is 0 Å². The molecular formula is C21H19FN4O. The molecule has 0 aliphatic rings. The van der Waals surface area contributed by atoms with Crippen LogP contribution in [0.25, 0.3) is 10.9 Å². The molecule has 4 rings (SSSR count). The highest BCUT2D eigenvalue weighted by molar-refractivity contribution is 6.06. The van der Waals surface area contributed by atoms with Crippen molar-refractivity contribution >= 4 is 22.6 Å². The van der Waals surface area contributed by atoms with Gasteiger partial charge in [-0.15, -0.1) is 0 Å². The summed E-state index contributed by atoms with van der Waals surface area (Å²) in [5, 5.41) is 8.29. The second-order valence-corrected chi connectivity index (χ2v) is 6.57. The Labute approximate surface area is 156 Å². The number of aromatic nitrogens is 3. The van der Waals surface area contributed by atoms with Crippen LogP contribution in [0.4, 0.5) is 10.2 Å². The Hall–Kier alpha value is -3.41. The van der Waals surface area contributed by atoms with Crippen LogP contribution < -0.4 is 5.32 Å². The number of carbonyl (C=O) groups excluding carboxylic acids is 1. The molecule has 4 aromatic rings. The highest BCUT2D eigenvalue weighted by Gasteiger charge is 2.17. The van der Waals surface area contributed by atoms with Gasteiger partial charge in [0.2, 0.25) is 0 Å². The molecule has 2 aromatic heterocycles. The fraction of sp³-hybridized carbons (Fsp3) is 0.143. The smallest absolute Gasteiger partial charge is 0.273 e. The number of benzene rings is 2. The Kier molecular flexibility index (Phi) is 4.24. The van der Waals surface area contributed by atoms with E-state index in [4.69, 9.17) is 0 Å². The van der Waals surface area contributed by atoms with Gasteiger partial charge in [0, 0.05) is 23.5 Å². The van der Waals surface area contributed by atoms with Gasteiger partial charge < -0.3 is 9.88 Å². The van der Waals surface area contributed by atoms with Crippen molar-refractivity contribution in [3.8, 4) is 0 Å². The fourth-order valence-corrected chi connectivity index (χ4v) is 3.25. The maximum absolute atomic E-state index is 13.5. The van der Waals surface area contributed by atoms with E-state index in [1.807, 2.05) is 54.9 Å². The van der Waals surface area contributed by atoms with Crippen LogP contribution in [0.2, 0.25) is 0 Å². The lowest BCUT2D eigenvalue weighted by molar-refractivity contribution is 0.101. The van der Waals surface area contributed by atoms with Gasteiger partial charge in [-0.2, -0.15) is 5.10 Å². The third-order valence-electron chi connectivity index (χ3n) is 4.66. The van der Waals surface area contributed by atoms with Gasteiger partial charge in [-0.05, 0) is 36.8 Å². The Balaban J connectivity index is 1.63. The van der Waals surface area contributed by atoms with Gasteiger partial charge in [-0.1, -0.05) is 30.3 Å². The number of rotatable bonds is 4. The number of amides is 1. The minimum atomic E-state index is -0.294. The van der Waals surface area contributed by atoms with Crippen LogP contribution in [0, 0.1) is 12.7 Å². The number of nitrogens with one attached hydrogen (secondary N) is 1. The monoisotopic (exact) mass is 362 g/mol. The van der Waals surface area contributed by atoms with Crippen molar-refractivity contribution < 1.29 is 9.18 Å². The summed E-state index contributed by atoms with van der Waals surface area (Å²) in [6.45, 7) is 2.25. The maximum atomic E-state index is 13.5. The lowest BCUT2D eigenvalue weighted by Gasteiger charge is -2.11. The van der Waals surface area contributed by atoms with Crippen molar-refractivity contribution in [2.45, 2.75) is 13.5 Å². The van der Waals surface area contributed by atoms with E-state index < -0.39 is 0 Å². The minimum Gasteiger partial charge on any atom is -0.340 e. The van der Waals surface area contributed by atoms with Gasteiger partial charge in [0.15, 0.2) is 0 Å². The first kappa shape index (κ1) is 17.0. The molecule has 0 radical (unpaired) electrons. The summed E-state index contributed by atoms with van der Waals surface area (Å²) in [6.07, 6.45) is 1.69. The lowest BCUT2D eigenvalue weighted by atomic mass is 10.2. The van der Waals surface area contributed by atoms with Gasteiger partial charge in [0.05, 0.1) is 12.7 Å². The van der Waals surface area contributed by atoms with E-state index in [-0.39, 0.29) is 11.7 Å². The van der Waals surface area contributed by atoms with Crippen molar-refractivity contribution in [3.05, 3.63) is 83.4 Å². The summed E-state index contributed by atoms with van der Waals surface area (Å²) in [4.78, 5) is 12.9. The third-order valence-corrected chi connectivity index (χ3v) is 4.66. The second kappa shape index (κ2) is 6.72. The molecule has 1 amide bonds. The number of anilines is 1. The first-order chi connectivity index (χ1) is 13.0. The predicted molar refractivity (Wildman–Crippen MR) is 103 cm³/mol. The molecule has 0 saturated heterocycles. The zero-order chi connectivity index (χ0) is 19.0. The average molecular weight is 362 g/mol. The molecule has 0 unspecified atom stereocenters. The fourth-order valence-electron chi connectivity index (χ4n) is 3.25. The summed E-state index contributed by atoms with van der Waals surface area (Å²) in [6, 6.07) is 16.1. The normalized spacial score (nSPS) is 11.1. The van der Waals surface area contributed by atoms with Crippen molar-refractivity contribution in [2.75, 3.05) is 5.32 Å². The van der Waals surface area contributed by atoms with Crippen molar-refractivity contribution in [1.82, 2.24) is 14.3 Å². The number of halogens is 1. The molecular weight excluding hydrogens is 343 g/mol. The molecule has 6 heteroatoms. The first-order valence-corrected chi connectivity index (χ1v) is 8.65. The maximum Gasteiger partial charge on any atom is 0.273 e. The third kappa shape index (κ3) is 3.21. The molecule has 1 N–H and O–H groups in total. The Morgan fingerprint density at radius 2 is 1.96 bits per heavy atom. The number of carbonyl (C=O) groups is 1. The molecule has 136 valence electrons. The van der Waals surface area contributed by atoms with Crippen LogP contribution in [0.5, 0.6) is 0 Å². The standard InChI is InChI=1S/C21H19FN4O/c1-14-12-23-26(13-15-6-5-8-17(22)10-15)20(14)24-21(27)19-11-16-7-3-4-9-18(16)25(19)2/h3-12H,13H2,1-2H3,(H,24,27). The summed E-state index contributed by atoms with van der Waals surface area (Å²) in [7, 11) is 1.87. The van der Waals surface area contributed by atoms with E-state index in [0.717, 1.165) is 22.0 Å². The highest BCUT2D eigenvalue weighted by Crippen LogP contribution is 2.21. The summed E-state index contributed by atoms with van der Waals surface area (Å²) >= 11 is 0. The molecule has 0 aliphatic heterocycles. The average Bonchev–Trinajstić information content (AvgIpc) is 3.17. The van der Waals surface area contributed by atoms with Crippen LogP contribution in [0.15, 0.2) is 60.8 Å². The number of para-hydroxylation sites is 1. The van der Waals surface area contributed by atoms with Gasteiger partial charge in [-0.3, -0.25) is 4.79 Å². The largest absolute Gasteiger partial charge is 0.340 e. The van der Waals surface area contributed by atoms with E-state index in [1.54, 1.807) is 16.9 Å². The van der Waals surface area contributed by atoms with Gasteiger partial charge in [-0.25, -0.2) is 9.07 Å². The van der Waals surface area contributed by atoms with Gasteiger partial charge >= 0.3 is 0 Å². The number of nitrogens with zero attached hydrogens (tertiary/aromatic N) is 3.